The van der Waals surface area contributed by atoms with E-state index in [1.165, 1.54) is 0 Å². The number of ether oxygens (including phenoxy) is 1. The molecule has 18 heavy (non-hydrogen) atoms. The van der Waals surface area contributed by atoms with E-state index in [0.29, 0.717) is 17.2 Å². The highest BCUT2D eigenvalue weighted by molar-refractivity contribution is 14.1. The monoisotopic (exact) mass is 350 g/mol. The number of nitrogens with zero attached hydrogens (tertiary/aromatic N) is 2. The van der Waals surface area contributed by atoms with Gasteiger partial charge < -0.3 is 4.74 Å². The van der Waals surface area contributed by atoms with Gasteiger partial charge in [0, 0.05) is 9.26 Å². The van der Waals surface area contributed by atoms with Crippen LogP contribution in [0.15, 0.2) is 30.3 Å². The lowest BCUT2D eigenvalue weighted by Gasteiger charge is -2.09. The van der Waals surface area contributed by atoms with Crippen LogP contribution in [0, 0.1) is 28.7 Å². The molecule has 0 aliphatic rings. The van der Waals surface area contributed by atoms with Crippen LogP contribution in [0.4, 0.5) is 0 Å². The van der Waals surface area contributed by atoms with Crippen molar-refractivity contribution in [3.05, 3.63) is 50.7 Å². The van der Waals surface area contributed by atoms with Gasteiger partial charge in [0.15, 0.2) is 0 Å². The summed E-state index contributed by atoms with van der Waals surface area (Å²) in [5.41, 5.74) is 2.21. The molecule has 2 rings (SSSR count). The summed E-state index contributed by atoms with van der Waals surface area (Å²) in [6.45, 7) is 3.77. The van der Waals surface area contributed by atoms with Crippen LogP contribution in [-0.4, -0.2) is 4.98 Å². The fourth-order valence-corrected chi connectivity index (χ4v) is 2.17. The molecule has 90 valence electrons. The summed E-state index contributed by atoms with van der Waals surface area (Å²) in [5, 5.41) is 9.15. The molecule has 0 aliphatic carbocycles. The number of rotatable bonds is 2. The second-order valence-corrected chi connectivity index (χ2v) is 5.18. The SMILES string of the molecule is Cc1cc(C)c(C#N)c(Oc2cccc(I)c2)n1. The van der Waals surface area contributed by atoms with Crippen LogP contribution >= 0.6 is 22.6 Å². The minimum absolute atomic E-state index is 0.372. The molecule has 1 heterocycles. The summed E-state index contributed by atoms with van der Waals surface area (Å²) in [5.74, 6) is 1.06. The molecule has 4 heteroatoms. The van der Waals surface area contributed by atoms with E-state index in [-0.39, 0.29) is 0 Å². The van der Waals surface area contributed by atoms with Crippen LogP contribution in [0.5, 0.6) is 11.6 Å². The molecule has 1 aromatic carbocycles. The fourth-order valence-electron chi connectivity index (χ4n) is 1.65. The summed E-state index contributed by atoms with van der Waals surface area (Å²) in [4.78, 5) is 4.28. The first-order valence-corrected chi connectivity index (χ1v) is 6.50. The highest BCUT2D eigenvalue weighted by Crippen LogP contribution is 2.26. The van der Waals surface area contributed by atoms with E-state index in [1.54, 1.807) is 0 Å². The normalized spacial score (nSPS) is 9.89. The molecule has 1 aromatic heterocycles. The van der Waals surface area contributed by atoms with Crippen molar-refractivity contribution in [2.45, 2.75) is 13.8 Å². The van der Waals surface area contributed by atoms with Crippen molar-refractivity contribution in [1.29, 1.82) is 5.26 Å². The number of benzene rings is 1. The van der Waals surface area contributed by atoms with Crippen molar-refractivity contribution in [2.75, 3.05) is 0 Å². The number of aryl methyl sites for hydroxylation is 2. The molecule has 0 atom stereocenters. The Morgan fingerprint density at radius 2 is 2.06 bits per heavy atom. The van der Waals surface area contributed by atoms with Crippen LogP contribution in [0.25, 0.3) is 0 Å². The largest absolute Gasteiger partial charge is 0.438 e. The van der Waals surface area contributed by atoms with Crippen LogP contribution in [0.3, 0.4) is 0 Å². The Bertz CT molecular complexity index is 632. The highest BCUT2D eigenvalue weighted by atomic mass is 127. The second-order valence-electron chi connectivity index (χ2n) is 3.93. The molecule has 0 N–H and O–H groups in total. The van der Waals surface area contributed by atoms with Crippen molar-refractivity contribution in [1.82, 2.24) is 4.98 Å². The van der Waals surface area contributed by atoms with Gasteiger partial charge in [-0.2, -0.15) is 5.26 Å². The summed E-state index contributed by atoms with van der Waals surface area (Å²) < 4.78 is 6.78. The number of hydrogen-bond acceptors (Lipinski definition) is 3. The van der Waals surface area contributed by atoms with E-state index in [2.05, 4.69) is 33.6 Å². The van der Waals surface area contributed by atoms with E-state index in [1.807, 2.05) is 44.2 Å². The van der Waals surface area contributed by atoms with Crippen molar-refractivity contribution < 1.29 is 4.74 Å². The van der Waals surface area contributed by atoms with Crippen molar-refractivity contribution in [3.63, 3.8) is 0 Å². The molecular weight excluding hydrogens is 339 g/mol. The zero-order valence-corrected chi connectivity index (χ0v) is 12.2. The standard InChI is InChI=1S/C14H11IN2O/c1-9-6-10(2)17-14(13(9)8-16)18-12-5-3-4-11(15)7-12/h3-7H,1-2H3. The Labute approximate surface area is 120 Å². The second kappa shape index (κ2) is 5.36. The Morgan fingerprint density at radius 1 is 1.28 bits per heavy atom. The van der Waals surface area contributed by atoms with Gasteiger partial charge in [-0.25, -0.2) is 4.98 Å². The fraction of sp³-hybridized carbons (Fsp3) is 0.143. The maximum Gasteiger partial charge on any atom is 0.237 e. The van der Waals surface area contributed by atoms with Crippen LogP contribution in [-0.2, 0) is 0 Å². The van der Waals surface area contributed by atoms with E-state index in [4.69, 9.17) is 10.00 Å². The van der Waals surface area contributed by atoms with Gasteiger partial charge in [0.2, 0.25) is 5.88 Å². The summed E-state index contributed by atoms with van der Waals surface area (Å²) in [6.07, 6.45) is 0. The van der Waals surface area contributed by atoms with Gasteiger partial charge in [-0.1, -0.05) is 6.07 Å². The third kappa shape index (κ3) is 2.79. The molecule has 0 radical (unpaired) electrons. The maximum absolute atomic E-state index is 9.15. The molecule has 2 aromatic rings. The van der Waals surface area contributed by atoms with Gasteiger partial charge in [-0.3, -0.25) is 0 Å². The molecule has 0 spiro atoms. The first-order chi connectivity index (χ1) is 8.60. The molecule has 0 fully saturated rings. The highest BCUT2D eigenvalue weighted by Gasteiger charge is 2.10. The van der Waals surface area contributed by atoms with Gasteiger partial charge in [0.1, 0.15) is 17.4 Å². The smallest absolute Gasteiger partial charge is 0.237 e. The molecule has 3 nitrogen and oxygen atoms in total. The topological polar surface area (TPSA) is 45.9 Å². The average molecular weight is 350 g/mol. The Kier molecular flexibility index (Phi) is 3.82. The van der Waals surface area contributed by atoms with Gasteiger partial charge >= 0.3 is 0 Å². The Morgan fingerprint density at radius 3 is 2.72 bits per heavy atom. The van der Waals surface area contributed by atoms with Crippen molar-refractivity contribution in [2.24, 2.45) is 0 Å². The van der Waals surface area contributed by atoms with E-state index in [9.17, 15) is 0 Å². The predicted octanol–water partition coefficient (Wildman–Crippen LogP) is 3.97. The lowest BCUT2D eigenvalue weighted by atomic mass is 10.1. The van der Waals surface area contributed by atoms with Crippen molar-refractivity contribution in [3.8, 4) is 17.7 Å². The van der Waals surface area contributed by atoms with E-state index in [0.717, 1.165) is 14.8 Å². The molecule has 0 aliphatic heterocycles. The zero-order chi connectivity index (χ0) is 13.1. The van der Waals surface area contributed by atoms with E-state index >= 15 is 0 Å². The number of hydrogen-bond donors (Lipinski definition) is 0. The Balaban J connectivity index is 2.43. The number of aromatic nitrogens is 1. The van der Waals surface area contributed by atoms with Crippen LogP contribution in [0.2, 0.25) is 0 Å². The molecule has 0 saturated heterocycles. The third-order valence-electron chi connectivity index (χ3n) is 2.43. The summed E-state index contributed by atoms with van der Waals surface area (Å²) in [6, 6.07) is 11.7. The quantitative estimate of drug-likeness (QED) is 0.770. The minimum Gasteiger partial charge on any atom is -0.438 e. The first-order valence-electron chi connectivity index (χ1n) is 5.42. The van der Waals surface area contributed by atoms with Gasteiger partial charge in [-0.15, -0.1) is 0 Å². The first kappa shape index (κ1) is 12.8. The number of pyridine rings is 1. The lowest BCUT2D eigenvalue weighted by molar-refractivity contribution is 0.459. The number of halogens is 1. The zero-order valence-electron chi connectivity index (χ0n) is 10.1. The molecular formula is C14H11IN2O. The molecule has 0 amide bonds. The molecule has 0 saturated carbocycles. The summed E-state index contributed by atoms with van der Waals surface area (Å²) in [7, 11) is 0. The third-order valence-corrected chi connectivity index (χ3v) is 3.10. The maximum atomic E-state index is 9.15. The number of nitriles is 1. The van der Waals surface area contributed by atoms with Crippen molar-refractivity contribution >= 4 is 22.6 Å². The lowest BCUT2D eigenvalue weighted by Crippen LogP contribution is -1.97. The van der Waals surface area contributed by atoms with Gasteiger partial charge in [0.05, 0.1) is 0 Å². The van der Waals surface area contributed by atoms with Gasteiger partial charge in [0.25, 0.3) is 0 Å². The minimum atomic E-state index is 0.372. The van der Waals surface area contributed by atoms with Crippen LogP contribution in [0.1, 0.15) is 16.8 Å². The Hall–Kier alpha value is -1.61. The van der Waals surface area contributed by atoms with Gasteiger partial charge in [-0.05, 0) is 66.3 Å². The van der Waals surface area contributed by atoms with E-state index < -0.39 is 0 Å². The molecule has 0 unspecified atom stereocenters. The van der Waals surface area contributed by atoms with Crippen LogP contribution < -0.4 is 4.74 Å². The predicted molar refractivity (Wildman–Crippen MR) is 77.7 cm³/mol. The average Bonchev–Trinajstić information content (AvgIpc) is 2.28. The summed E-state index contributed by atoms with van der Waals surface area (Å²) >= 11 is 2.21. The molecule has 0 bridgehead atoms.